The van der Waals surface area contributed by atoms with Gasteiger partial charge in [0.25, 0.3) is 5.91 Å². The van der Waals surface area contributed by atoms with Gasteiger partial charge in [-0.15, -0.1) is 10.2 Å². The number of ether oxygens (including phenoxy) is 2. The highest BCUT2D eigenvalue weighted by Gasteiger charge is 2.45. The van der Waals surface area contributed by atoms with E-state index < -0.39 is 11.9 Å². The molecule has 2 aromatic carbocycles. The molecule has 1 unspecified atom stereocenters. The first-order valence-corrected chi connectivity index (χ1v) is 12.5. The molecular formula is C26H22ClN3O5S. The smallest absolute Gasteiger partial charge is 0.297 e. The number of carbonyl (C=O) groups is 1. The van der Waals surface area contributed by atoms with E-state index in [2.05, 4.69) is 16.8 Å². The zero-order chi connectivity index (χ0) is 25.4. The number of hydrogen-bond donors (Lipinski definition) is 0. The van der Waals surface area contributed by atoms with Gasteiger partial charge in [-0.1, -0.05) is 48.6 Å². The Bertz CT molecular complexity index is 1550. The van der Waals surface area contributed by atoms with Gasteiger partial charge in [-0.3, -0.25) is 14.5 Å². The molecule has 1 aliphatic rings. The summed E-state index contributed by atoms with van der Waals surface area (Å²) in [5.74, 6) is 0.468. The number of hydrogen-bond acceptors (Lipinski definition) is 8. The average molecular weight is 524 g/mol. The molecule has 1 aliphatic heterocycles. The lowest BCUT2D eigenvalue weighted by atomic mass is 9.98. The highest BCUT2D eigenvalue weighted by Crippen LogP contribution is 2.44. The molecule has 0 bridgehead atoms. The summed E-state index contributed by atoms with van der Waals surface area (Å²) in [7, 11) is 1.52. The second-order valence-corrected chi connectivity index (χ2v) is 9.61. The highest BCUT2D eigenvalue weighted by molar-refractivity contribution is 7.15. The minimum atomic E-state index is -0.808. The second kappa shape index (κ2) is 9.75. The summed E-state index contributed by atoms with van der Waals surface area (Å²) in [4.78, 5) is 28.9. The van der Waals surface area contributed by atoms with Crippen molar-refractivity contribution in [2.75, 3.05) is 18.6 Å². The van der Waals surface area contributed by atoms with Crippen LogP contribution in [-0.2, 0) is 6.42 Å². The number of rotatable bonds is 8. The summed E-state index contributed by atoms with van der Waals surface area (Å²) >= 11 is 7.48. The topological polar surface area (TPSA) is 94.8 Å². The number of aromatic nitrogens is 2. The van der Waals surface area contributed by atoms with Gasteiger partial charge in [0.1, 0.15) is 17.2 Å². The van der Waals surface area contributed by atoms with Crippen LogP contribution in [0, 0.1) is 0 Å². The Morgan fingerprint density at radius 2 is 2.03 bits per heavy atom. The lowest BCUT2D eigenvalue weighted by Crippen LogP contribution is -2.29. The lowest BCUT2D eigenvalue weighted by molar-refractivity contribution is 0.0970. The molecule has 4 aromatic rings. The van der Waals surface area contributed by atoms with E-state index in [1.807, 2.05) is 6.92 Å². The number of nitrogens with zero attached hydrogens (tertiary/aromatic N) is 3. The maximum atomic E-state index is 13.8. The number of carbonyl (C=O) groups excluding carboxylic acids is 1. The third-order valence-corrected chi connectivity index (χ3v) is 7.04. The highest BCUT2D eigenvalue weighted by atomic mass is 35.5. The number of anilines is 1. The molecule has 0 saturated carbocycles. The van der Waals surface area contributed by atoms with Crippen molar-refractivity contribution in [2.45, 2.75) is 25.8 Å². The molecule has 5 rings (SSSR count). The molecule has 1 atom stereocenters. The van der Waals surface area contributed by atoms with Gasteiger partial charge in [0, 0.05) is 11.4 Å². The van der Waals surface area contributed by atoms with Crippen molar-refractivity contribution in [3.8, 4) is 11.5 Å². The molecule has 2 aromatic heterocycles. The molecule has 0 N–H and O–H groups in total. The second-order valence-electron chi connectivity index (χ2n) is 8.13. The molecule has 0 saturated heterocycles. The first kappa shape index (κ1) is 24.0. The van der Waals surface area contributed by atoms with E-state index >= 15 is 0 Å². The van der Waals surface area contributed by atoms with Crippen molar-refractivity contribution in [1.29, 1.82) is 0 Å². The molecule has 0 spiro atoms. The summed E-state index contributed by atoms with van der Waals surface area (Å²) in [5, 5.41) is 10.4. The molecule has 0 aliphatic carbocycles. The van der Waals surface area contributed by atoms with E-state index in [4.69, 9.17) is 25.5 Å². The summed E-state index contributed by atoms with van der Waals surface area (Å²) < 4.78 is 17.2. The van der Waals surface area contributed by atoms with E-state index in [-0.39, 0.29) is 22.3 Å². The number of methoxy groups -OCH3 is 1. The van der Waals surface area contributed by atoms with Crippen LogP contribution in [0.25, 0.3) is 11.0 Å². The van der Waals surface area contributed by atoms with Gasteiger partial charge in [0.15, 0.2) is 16.9 Å². The molecule has 8 nitrogen and oxygen atoms in total. The fourth-order valence-corrected chi connectivity index (χ4v) is 5.38. The van der Waals surface area contributed by atoms with Crippen molar-refractivity contribution in [1.82, 2.24) is 10.2 Å². The van der Waals surface area contributed by atoms with E-state index in [9.17, 15) is 9.59 Å². The molecule has 0 fully saturated rings. The van der Waals surface area contributed by atoms with Crippen LogP contribution in [0.4, 0.5) is 5.13 Å². The van der Waals surface area contributed by atoms with Crippen LogP contribution in [0.5, 0.6) is 11.5 Å². The van der Waals surface area contributed by atoms with Crippen LogP contribution >= 0.6 is 22.9 Å². The van der Waals surface area contributed by atoms with Crippen LogP contribution in [0.2, 0.25) is 5.02 Å². The van der Waals surface area contributed by atoms with Crippen molar-refractivity contribution < 1.29 is 18.7 Å². The van der Waals surface area contributed by atoms with Gasteiger partial charge < -0.3 is 13.9 Å². The molecule has 1 amide bonds. The summed E-state index contributed by atoms with van der Waals surface area (Å²) in [6, 6.07) is 9.21. The Kier molecular flexibility index (Phi) is 6.51. The third kappa shape index (κ3) is 4.04. The van der Waals surface area contributed by atoms with Gasteiger partial charge >= 0.3 is 0 Å². The summed E-state index contributed by atoms with van der Waals surface area (Å²) in [6.45, 7) is 6.01. The first-order valence-electron chi connectivity index (χ1n) is 11.3. The number of amides is 1. The Hall–Kier alpha value is -3.69. The van der Waals surface area contributed by atoms with E-state index in [0.29, 0.717) is 39.2 Å². The van der Waals surface area contributed by atoms with Crippen LogP contribution in [0.3, 0.4) is 0 Å². The Balaban J connectivity index is 1.73. The quantitative estimate of drug-likeness (QED) is 0.278. The molecule has 0 radical (unpaired) electrons. The fraction of sp³-hybridized carbons (Fsp3) is 0.231. The van der Waals surface area contributed by atoms with E-state index in [0.717, 1.165) is 17.8 Å². The largest absolute Gasteiger partial charge is 0.493 e. The monoisotopic (exact) mass is 523 g/mol. The van der Waals surface area contributed by atoms with E-state index in [1.54, 1.807) is 42.5 Å². The molecule has 36 heavy (non-hydrogen) atoms. The van der Waals surface area contributed by atoms with Gasteiger partial charge in [-0.25, -0.2) is 0 Å². The summed E-state index contributed by atoms with van der Waals surface area (Å²) in [5.41, 5.74) is 0.792. The fourth-order valence-electron chi connectivity index (χ4n) is 4.24. The summed E-state index contributed by atoms with van der Waals surface area (Å²) in [6.07, 6.45) is 3.26. The Morgan fingerprint density at radius 1 is 1.19 bits per heavy atom. The predicted octanol–water partition coefficient (Wildman–Crippen LogP) is 5.57. The lowest BCUT2D eigenvalue weighted by Gasteiger charge is -2.23. The van der Waals surface area contributed by atoms with Crippen LogP contribution in [0.1, 0.15) is 46.1 Å². The zero-order valence-electron chi connectivity index (χ0n) is 19.6. The minimum Gasteiger partial charge on any atom is -0.493 e. The third-order valence-electron chi connectivity index (χ3n) is 5.82. The van der Waals surface area contributed by atoms with Gasteiger partial charge in [0.05, 0.1) is 24.1 Å². The van der Waals surface area contributed by atoms with Gasteiger partial charge in [0.2, 0.25) is 10.9 Å². The van der Waals surface area contributed by atoms with Crippen LogP contribution < -0.4 is 19.8 Å². The van der Waals surface area contributed by atoms with Crippen molar-refractivity contribution >= 4 is 44.9 Å². The molecule has 3 heterocycles. The standard InChI is InChI=1S/C26H22ClN3O5S/c1-4-6-20-28-29-26(36-20)30-22(14-7-9-18(34-11-5-2)19(12-14)33-3)21-23(31)16-13-15(27)8-10-17(16)35-24(21)25(30)32/h5,7-10,12-13,22H,2,4,6,11H2,1,3H3. The van der Waals surface area contributed by atoms with E-state index in [1.165, 1.54) is 23.3 Å². The molecule has 184 valence electrons. The molecular weight excluding hydrogens is 502 g/mol. The average Bonchev–Trinajstić information content (AvgIpc) is 3.45. The maximum absolute atomic E-state index is 13.8. The first-order chi connectivity index (χ1) is 17.5. The van der Waals surface area contributed by atoms with Gasteiger partial charge in [-0.05, 0) is 42.3 Å². The number of fused-ring (bicyclic) bond motifs is 2. The van der Waals surface area contributed by atoms with Crippen molar-refractivity contribution in [3.05, 3.63) is 86.2 Å². The normalized spacial score (nSPS) is 14.8. The number of aryl methyl sites for hydroxylation is 1. The number of halogens is 1. The zero-order valence-corrected chi connectivity index (χ0v) is 21.2. The SMILES string of the molecule is C=CCOc1ccc(C2c3c(oc4ccc(Cl)cc4c3=O)C(=O)N2c2nnc(CCC)s2)cc1OC. The maximum Gasteiger partial charge on any atom is 0.297 e. The Labute approximate surface area is 215 Å². The Morgan fingerprint density at radius 3 is 2.78 bits per heavy atom. The van der Waals surface area contributed by atoms with Crippen molar-refractivity contribution in [3.63, 3.8) is 0 Å². The minimum absolute atomic E-state index is 0.0296. The van der Waals surface area contributed by atoms with Crippen LogP contribution in [-0.4, -0.2) is 29.8 Å². The predicted molar refractivity (Wildman–Crippen MR) is 139 cm³/mol. The van der Waals surface area contributed by atoms with Crippen molar-refractivity contribution in [2.24, 2.45) is 0 Å². The number of benzene rings is 2. The van der Waals surface area contributed by atoms with Gasteiger partial charge in [-0.2, -0.15) is 0 Å². The molecule has 10 heteroatoms. The van der Waals surface area contributed by atoms with Crippen LogP contribution in [0.15, 0.2) is 58.3 Å².